The lowest BCUT2D eigenvalue weighted by Gasteiger charge is -2.12. The van der Waals surface area contributed by atoms with Gasteiger partial charge < -0.3 is 41.2 Å². The number of nitrogens with zero attached hydrogens (tertiary/aromatic N) is 5. The van der Waals surface area contributed by atoms with E-state index in [1.807, 2.05) is 30.3 Å². The Morgan fingerprint density at radius 1 is 0.803 bits per heavy atom. The van der Waals surface area contributed by atoms with Gasteiger partial charge in [0.1, 0.15) is 38.1 Å². The third kappa shape index (κ3) is 13.4. The topological polar surface area (TPSA) is 183 Å². The van der Waals surface area contributed by atoms with Gasteiger partial charge in [-0.25, -0.2) is 28.5 Å². The van der Waals surface area contributed by atoms with Gasteiger partial charge in [0.05, 0.1) is 33.5 Å². The molecule has 3 aromatic carbocycles. The zero-order valence-electron chi connectivity index (χ0n) is 33.2. The third-order valence-electron chi connectivity index (χ3n) is 8.20. The van der Waals surface area contributed by atoms with Crippen molar-refractivity contribution in [3.63, 3.8) is 0 Å². The van der Waals surface area contributed by atoms with E-state index in [1.54, 1.807) is 33.4 Å². The second kappa shape index (κ2) is 23.4. The van der Waals surface area contributed by atoms with Crippen molar-refractivity contribution >= 4 is 92.6 Å². The molecule has 0 amide bonds. The molecule has 14 nitrogen and oxygen atoms in total. The number of anilines is 6. The molecule has 0 bridgehead atoms. The molecule has 0 fully saturated rings. The largest absolute Gasteiger partial charge is 0.462 e. The first kappa shape index (κ1) is 46.4. The van der Waals surface area contributed by atoms with Gasteiger partial charge >= 0.3 is 5.97 Å². The van der Waals surface area contributed by atoms with Crippen LogP contribution in [0.1, 0.15) is 35.0 Å². The van der Waals surface area contributed by atoms with Gasteiger partial charge in [-0.05, 0) is 56.2 Å². The first-order valence-electron chi connectivity index (χ1n) is 18.7. The Balaban J connectivity index is 0.000000254. The Bertz CT molecular complexity index is 2420. The number of carbonyl (C=O) groups excluding carboxylic acids is 1. The Morgan fingerprint density at radius 3 is 1.90 bits per heavy atom. The maximum absolute atomic E-state index is 13.6. The lowest BCUT2D eigenvalue weighted by Crippen LogP contribution is -2.17. The minimum absolute atomic E-state index is 0.0117. The van der Waals surface area contributed by atoms with Crippen LogP contribution in [0.25, 0.3) is 21.8 Å². The molecule has 3 aromatic heterocycles. The Morgan fingerprint density at radius 2 is 1.36 bits per heavy atom. The smallest absolute Gasteiger partial charge is 0.350 e. The molecule has 0 aliphatic carbocycles. The van der Waals surface area contributed by atoms with Gasteiger partial charge in [-0.3, -0.25) is 0 Å². The SMILES string of the molecule is CCOC(=O)c1sc(-c2cnc(Nc3ccc(F)c(Cl)c3)nc2NCCCOC)nc1-c1ccccc1.COCCCNc1nc(Nc2ccc(F)c(Cl)c2)ncc1C(N)=S. The summed E-state index contributed by atoms with van der Waals surface area (Å²) in [6.07, 6.45) is 4.70. The highest BCUT2D eigenvalue weighted by Gasteiger charge is 2.23. The van der Waals surface area contributed by atoms with Gasteiger partial charge in [0.25, 0.3) is 0 Å². The average Bonchev–Trinajstić information content (AvgIpc) is 3.70. The van der Waals surface area contributed by atoms with Gasteiger partial charge in [0.15, 0.2) is 0 Å². The highest BCUT2D eigenvalue weighted by Crippen LogP contribution is 2.37. The number of esters is 1. The molecule has 6 aromatic rings. The van der Waals surface area contributed by atoms with Gasteiger partial charge in [-0.1, -0.05) is 65.8 Å². The van der Waals surface area contributed by atoms with Crippen LogP contribution >= 0.6 is 46.8 Å². The molecule has 0 atom stereocenters. The third-order valence-corrected chi connectivity index (χ3v) is 10.1. The molecule has 0 aliphatic rings. The van der Waals surface area contributed by atoms with E-state index < -0.39 is 17.6 Å². The highest BCUT2D eigenvalue weighted by molar-refractivity contribution is 7.80. The lowest BCUT2D eigenvalue weighted by atomic mass is 10.1. The molecule has 20 heteroatoms. The van der Waals surface area contributed by atoms with Crippen molar-refractivity contribution in [2.45, 2.75) is 19.8 Å². The van der Waals surface area contributed by atoms with Gasteiger partial charge in [-0.2, -0.15) is 9.97 Å². The molecule has 0 unspecified atom stereocenters. The van der Waals surface area contributed by atoms with E-state index in [2.05, 4.69) is 41.2 Å². The highest BCUT2D eigenvalue weighted by atomic mass is 35.5. The summed E-state index contributed by atoms with van der Waals surface area (Å²) in [6.45, 7) is 4.44. The van der Waals surface area contributed by atoms with E-state index >= 15 is 0 Å². The average molecular weight is 912 g/mol. The quantitative estimate of drug-likeness (QED) is 0.0294. The second-order valence-corrected chi connectivity index (χ2v) is 14.9. The molecular weight excluding hydrogens is 870 g/mol. The summed E-state index contributed by atoms with van der Waals surface area (Å²) in [5.41, 5.74) is 9.30. The standard InChI is InChI=1S/C26H25ClFN5O3S.C15H17ClFN5OS/c1-3-36-25(34)22-21(16-8-5-4-6-9-16)32-24(37-22)18-15-30-26(33-23(18)29-12-7-13-35-2)31-17-10-11-20(28)19(27)14-17;1-23-6-2-5-19-14-10(13(18)24)8-20-15(22-14)21-9-3-4-12(17)11(16)7-9/h4-6,8-11,14-15H,3,7,12-13H2,1-2H3,(H2,29,30,31,33);3-4,7-8H,2,5-6H2,1H3,(H2,18,24)(H2,19,20,21,22). The monoisotopic (exact) mass is 910 g/mol. The van der Waals surface area contributed by atoms with Crippen LogP contribution in [0.4, 0.5) is 43.7 Å². The number of halogens is 4. The fraction of sp³-hybridized carbons (Fsp3) is 0.244. The van der Waals surface area contributed by atoms with Crippen molar-refractivity contribution in [2.75, 3.05) is 68.4 Å². The van der Waals surface area contributed by atoms with Crippen LogP contribution in [0.3, 0.4) is 0 Å². The number of nitrogens with two attached hydrogens (primary N) is 1. The lowest BCUT2D eigenvalue weighted by molar-refractivity contribution is 0.0532. The number of carbonyl (C=O) groups is 1. The predicted octanol–water partition coefficient (Wildman–Crippen LogP) is 9.52. The molecule has 61 heavy (non-hydrogen) atoms. The summed E-state index contributed by atoms with van der Waals surface area (Å²) >= 11 is 17.9. The molecule has 0 saturated carbocycles. The summed E-state index contributed by atoms with van der Waals surface area (Å²) in [6, 6.07) is 18.0. The first-order valence-corrected chi connectivity index (χ1v) is 20.7. The summed E-state index contributed by atoms with van der Waals surface area (Å²) in [5, 5.41) is 13.0. The van der Waals surface area contributed by atoms with Crippen LogP contribution < -0.4 is 27.0 Å². The van der Waals surface area contributed by atoms with E-state index in [1.165, 1.54) is 47.9 Å². The number of ether oxygens (including phenoxy) is 3. The minimum Gasteiger partial charge on any atom is -0.462 e. The molecule has 6 rings (SSSR count). The Kier molecular flexibility index (Phi) is 17.8. The van der Waals surface area contributed by atoms with Gasteiger partial charge in [0.2, 0.25) is 11.9 Å². The summed E-state index contributed by atoms with van der Waals surface area (Å²) in [5.74, 6) is 0.187. The van der Waals surface area contributed by atoms with E-state index in [-0.39, 0.29) is 27.6 Å². The number of methoxy groups -OCH3 is 2. The Hall–Kier alpha value is -5.63. The first-order chi connectivity index (χ1) is 29.5. The normalized spacial score (nSPS) is 10.7. The van der Waals surface area contributed by atoms with Crippen molar-refractivity contribution in [3.8, 4) is 21.8 Å². The molecule has 6 N–H and O–H groups in total. The molecule has 0 spiro atoms. The molecular formula is C41H42Cl2F2N10O4S2. The summed E-state index contributed by atoms with van der Waals surface area (Å²) in [7, 11) is 3.28. The van der Waals surface area contributed by atoms with E-state index in [0.717, 1.165) is 18.4 Å². The van der Waals surface area contributed by atoms with Crippen LogP contribution in [-0.2, 0) is 14.2 Å². The molecule has 320 valence electrons. The van der Waals surface area contributed by atoms with E-state index in [9.17, 15) is 13.6 Å². The number of rotatable bonds is 19. The summed E-state index contributed by atoms with van der Waals surface area (Å²) < 4.78 is 42.2. The zero-order valence-corrected chi connectivity index (χ0v) is 36.4. The number of hydrogen-bond acceptors (Lipinski definition) is 15. The van der Waals surface area contributed by atoms with Crippen molar-refractivity contribution in [1.82, 2.24) is 24.9 Å². The number of thiazole rings is 1. The zero-order chi connectivity index (χ0) is 43.7. The molecule has 0 saturated heterocycles. The molecule has 0 radical (unpaired) electrons. The molecule has 0 aliphatic heterocycles. The van der Waals surface area contributed by atoms with E-state index in [0.29, 0.717) is 82.0 Å². The van der Waals surface area contributed by atoms with Crippen LogP contribution in [0, 0.1) is 11.6 Å². The van der Waals surface area contributed by atoms with Crippen molar-refractivity contribution < 1.29 is 27.8 Å². The van der Waals surface area contributed by atoms with Gasteiger partial charge in [-0.15, -0.1) is 11.3 Å². The van der Waals surface area contributed by atoms with Crippen LogP contribution in [0.15, 0.2) is 79.1 Å². The second-order valence-electron chi connectivity index (χ2n) is 12.6. The number of benzene rings is 3. The summed E-state index contributed by atoms with van der Waals surface area (Å²) in [4.78, 5) is 35.7. The fourth-order valence-corrected chi connectivity index (χ4v) is 6.81. The number of thiocarbonyl (C=S) groups is 1. The van der Waals surface area contributed by atoms with Crippen molar-refractivity contribution in [1.29, 1.82) is 0 Å². The number of nitrogens with one attached hydrogen (secondary N) is 4. The number of hydrogen-bond donors (Lipinski definition) is 5. The van der Waals surface area contributed by atoms with Crippen molar-refractivity contribution in [3.05, 3.63) is 111 Å². The predicted molar refractivity (Wildman–Crippen MR) is 242 cm³/mol. The minimum atomic E-state index is -0.514. The maximum Gasteiger partial charge on any atom is 0.350 e. The van der Waals surface area contributed by atoms with Crippen LogP contribution in [-0.4, -0.2) is 83.0 Å². The molecule has 3 heterocycles. The Labute approximate surface area is 370 Å². The number of aromatic nitrogens is 5. The fourth-order valence-electron chi connectivity index (χ4n) is 5.31. The maximum atomic E-state index is 13.6. The van der Waals surface area contributed by atoms with Crippen molar-refractivity contribution in [2.24, 2.45) is 5.73 Å². The van der Waals surface area contributed by atoms with Crippen LogP contribution in [0.5, 0.6) is 0 Å². The van der Waals surface area contributed by atoms with Crippen LogP contribution in [0.2, 0.25) is 10.0 Å². The van der Waals surface area contributed by atoms with E-state index in [4.69, 9.17) is 60.3 Å². The van der Waals surface area contributed by atoms with Gasteiger partial charge in [0, 0.05) is 69.9 Å².